The van der Waals surface area contributed by atoms with E-state index in [0.29, 0.717) is 19.5 Å². The Labute approximate surface area is 179 Å². The number of nitrogens with zero attached hydrogens (tertiary/aromatic N) is 1. The largest absolute Gasteiger partial charge is 0.352 e. The molecule has 0 bridgehead atoms. The second-order valence-electron chi connectivity index (χ2n) is 6.26. The maximum absolute atomic E-state index is 11.7. The summed E-state index contributed by atoms with van der Waals surface area (Å²) in [5, 5.41) is 9.53. The van der Waals surface area contributed by atoms with Crippen LogP contribution in [0.15, 0.2) is 53.5 Å². The number of nitrogens with one attached hydrogen (secondary N) is 3. The van der Waals surface area contributed by atoms with Crippen LogP contribution in [0.1, 0.15) is 36.5 Å². The number of carbonyl (C=O) groups is 1. The zero-order chi connectivity index (χ0) is 18.8. The summed E-state index contributed by atoms with van der Waals surface area (Å²) in [6.45, 7) is 5.42. The quantitative estimate of drug-likeness (QED) is 0.316. The number of benzene rings is 2. The van der Waals surface area contributed by atoms with Gasteiger partial charge >= 0.3 is 0 Å². The first-order chi connectivity index (χ1) is 12.6. The maximum Gasteiger partial charge on any atom is 0.224 e. The maximum atomic E-state index is 11.7. The van der Waals surface area contributed by atoms with Crippen molar-refractivity contribution in [3.8, 4) is 0 Å². The third kappa shape index (κ3) is 8.43. The Balaban J connectivity index is 0.00000364. The van der Waals surface area contributed by atoms with E-state index in [2.05, 4.69) is 52.1 Å². The van der Waals surface area contributed by atoms with Crippen molar-refractivity contribution in [3.05, 3.63) is 65.2 Å². The Morgan fingerprint density at radius 2 is 1.67 bits per heavy atom. The van der Waals surface area contributed by atoms with Gasteiger partial charge in [-0.2, -0.15) is 0 Å². The minimum absolute atomic E-state index is 0. The number of carbonyl (C=O) groups excluding carboxylic acids is 1. The second-order valence-corrected chi connectivity index (χ2v) is 6.26. The first-order valence-corrected chi connectivity index (χ1v) is 8.99. The molecule has 3 N–H and O–H groups in total. The summed E-state index contributed by atoms with van der Waals surface area (Å²) >= 11 is 0. The molecule has 5 nitrogen and oxygen atoms in total. The predicted octanol–water partition coefficient (Wildman–Crippen LogP) is 4.22. The van der Waals surface area contributed by atoms with E-state index in [9.17, 15) is 4.79 Å². The number of hydrogen-bond acceptors (Lipinski definition) is 2. The lowest BCUT2D eigenvalue weighted by Gasteiger charge is -2.13. The zero-order valence-electron chi connectivity index (χ0n) is 16.2. The van der Waals surface area contributed by atoms with E-state index in [4.69, 9.17) is 0 Å². The van der Waals surface area contributed by atoms with E-state index < -0.39 is 0 Å². The van der Waals surface area contributed by atoms with E-state index in [1.54, 1.807) is 7.05 Å². The summed E-state index contributed by atoms with van der Waals surface area (Å²) in [4.78, 5) is 16.0. The standard InChI is InChI=1S/C21H28N4O.HI/c1-4-6-20(26)25-19-8-5-7-18(13-19)15-24-21(22-3)23-14-17-11-9-16(2)10-12-17;/h5,7-13H,4,6,14-15H2,1-3H3,(H,25,26)(H2,22,23,24);1H. The summed E-state index contributed by atoms with van der Waals surface area (Å²) in [6.07, 6.45) is 1.38. The number of hydrogen-bond donors (Lipinski definition) is 3. The monoisotopic (exact) mass is 480 g/mol. The van der Waals surface area contributed by atoms with Crippen LogP contribution >= 0.6 is 24.0 Å². The van der Waals surface area contributed by atoms with Crippen LogP contribution in [-0.4, -0.2) is 18.9 Å². The Hall–Kier alpha value is -2.09. The zero-order valence-corrected chi connectivity index (χ0v) is 18.5. The highest BCUT2D eigenvalue weighted by Crippen LogP contribution is 2.11. The minimum atomic E-state index is 0. The molecule has 0 atom stereocenters. The lowest BCUT2D eigenvalue weighted by molar-refractivity contribution is -0.116. The molecule has 0 aromatic heterocycles. The van der Waals surface area contributed by atoms with Crippen molar-refractivity contribution in [3.63, 3.8) is 0 Å². The van der Waals surface area contributed by atoms with Crippen LogP contribution in [0.25, 0.3) is 0 Å². The van der Waals surface area contributed by atoms with Gasteiger partial charge in [0.25, 0.3) is 0 Å². The van der Waals surface area contributed by atoms with E-state index >= 15 is 0 Å². The number of halogens is 1. The third-order valence-electron chi connectivity index (χ3n) is 3.95. The number of anilines is 1. The predicted molar refractivity (Wildman–Crippen MR) is 124 cm³/mol. The fourth-order valence-electron chi connectivity index (χ4n) is 2.51. The van der Waals surface area contributed by atoms with Crippen molar-refractivity contribution < 1.29 is 4.79 Å². The third-order valence-corrected chi connectivity index (χ3v) is 3.95. The highest BCUT2D eigenvalue weighted by atomic mass is 127. The first-order valence-electron chi connectivity index (χ1n) is 8.99. The SMILES string of the molecule is CCCC(=O)Nc1cccc(CNC(=NC)NCc2ccc(C)cc2)c1.I. The van der Waals surface area contributed by atoms with Crippen LogP contribution in [0.2, 0.25) is 0 Å². The fourth-order valence-corrected chi connectivity index (χ4v) is 2.51. The molecule has 146 valence electrons. The van der Waals surface area contributed by atoms with Gasteiger partial charge in [-0.3, -0.25) is 9.79 Å². The number of guanidine groups is 1. The van der Waals surface area contributed by atoms with Crippen molar-refractivity contribution in [2.24, 2.45) is 4.99 Å². The van der Waals surface area contributed by atoms with Gasteiger partial charge in [0.2, 0.25) is 5.91 Å². The van der Waals surface area contributed by atoms with Gasteiger partial charge in [0.1, 0.15) is 0 Å². The molecule has 2 aromatic carbocycles. The molecule has 1 amide bonds. The lowest BCUT2D eigenvalue weighted by Crippen LogP contribution is -2.36. The van der Waals surface area contributed by atoms with Gasteiger partial charge < -0.3 is 16.0 Å². The highest BCUT2D eigenvalue weighted by molar-refractivity contribution is 14.0. The van der Waals surface area contributed by atoms with E-state index in [1.165, 1.54) is 11.1 Å². The molecule has 0 aliphatic heterocycles. The summed E-state index contributed by atoms with van der Waals surface area (Å²) in [6, 6.07) is 16.3. The molecule has 0 aliphatic carbocycles. The van der Waals surface area contributed by atoms with E-state index in [1.807, 2.05) is 31.2 Å². The molecule has 6 heteroatoms. The van der Waals surface area contributed by atoms with Gasteiger partial charge in [0, 0.05) is 32.2 Å². The topological polar surface area (TPSA) is 65.5 Å². The van der Waals surface area contributed by atoms with Crippen LogP contribution in [0, 0.1) is 6.92 Å². The molecule has 0 saturated heterocycles. The van der Waals surface area contributed by atoms with Crippen LogP contribution in [0.5, 0.6) is 0 Å². The highest BCUT2D eigenvalue weighted by Gasteiger charge is 2.03. The number of amides is 1. The number of aliphatic imine (C=N–C) groups is 1. The van der Waals surface area contributed by atoms with Crippen LogP contribution in [0.3, 0.4) is 0 Å². The van der Waals surface area contributed by atoms with Crippen molar-refractivity contribution in [1.29, 1.82) is 0 Å². The fraction of sp³-hybridized carbons (Fsp3) is 0.333. The van der Waals surface area contributed by atoms with Gasteiger partial charge in [-0.1, -0.05) is 48.9 Å². The molecule has 0 radical (unpaired) electrons. The average Bonchev–Trinajstić information content (AvgIpc) is 2.64. The Morgan fingerprint density at radius 3 is 2.30 bits per heavy atom. The van der Waals surface area contributed by atoms with Gasteiger partial charge in [-0.15, -0.1) is 24.0 Å². The molecule has 0 saturated carbocycles. The molecular weight excluding hydrogens is 451 g/mol. The molecule has 0 fully saturated rings. The summed E-state index contributed by atoms with van der Waals surface area (Å²) in [7, 11) is 1.76. The summed E-state index contributed by atoms with van der Waals surface area (Å²) < 4.78 is 0. The molecule has 0 aliphatic rings. The summed E-state index contributed by atoms with van der Waals surface area (Å²) in [5.74, 6) is 0.791. The van der Waals surface area contributed by atoms with Crippen molar-refractivity contribution >= 4 is 41.5 Å². The Kier molecular flexibility index (Phi) is 10.5. The van der Waals surface area contributed by atoms with Crippen LogP contribution < -0.4 is 16.0 Å². The molecular formula is C21H29IN4O. The number of aryl methyl sites for hydroxylation is 1. The van der Waals surface area contributed by atoms with Crippen LogP contribution in [-0.2, 0) is 17.9 Å². The molecule has 2 rings (SSSR count). The van der Waals surface area contributed by atoms with E-state index in [0.717, 1.165) is 23.6 Å². The first kappa shape index (κ1) is 23.0. The van der Waals surface area contributed by atoms with Crippen molar-refractivity contribution in [2.45, 2.75) is 39.8 Å². The summed E-state index contributed by atoms with van der Waals surface area (Å²) in [5.41, 5.74) is 4.37. The molecule has 0 unspecified atom stereocenters. The van der Waals surface area contributed by atoms with Gasteiger partial charge in [-0.05, 0) is 36.6 Å². The normalized spacial score (nSPS) is 10.7. The minimum Gasteiger partial charge on any atom is -0.352 e. The van der Waals surface area contributed by atoms with Gasteiger partial charge in [0.15, 0.2) is 5.96 Å². The van der Waals surface area contributed by atoms with Crippen molar-refractivity contribution in [2.75, 3.05) is 12.4 Å². The molecule has 27 heavy (non-hydrogen) atoms. The lowest BCUT2D eigenvalue weighted by atomic mass is 10.1. The smallest absolute Gasteiger partial charge is 0.224 e. The molecule has 2 aromatic rings. The van der Waals surface area contributed by atoms with Crippen molar-refractivity contribution in [1.82, 2.24) is 10.6 Å². The molecule has 0 heterocycles. The second kappa shape index (κ2) is 12.3. The Morgan fingerprint density at radius 1 is 1.00 bits per heavy atom. The van der Waals surface area contributed by atoms with Gasteiger partial charge in [0.05, 0.1) is 0 Å². The Bertz CT molecular complexity index is 744. The van der Waals surface area contributed by atoms with Gasteiger partial charge in [-0.25, -0.2) is 0 Å². The number of rotatable bonds is 7. The van der Waals surface area contributed by atoms with Crippen LogP contribution in [0.4, 0.5) is 5.69 Å². The average molecular weight is 480 g/mol. The van der Waals surface area contributed by atoms with E-state index in [-0.39, 0.29) is 29.9 Å². The molecule has 0 spiro atoms.